The van der Waals surface area contributed by atoms with Crippen molar-refractivity contribution in [3.05, 3.63) is 29.8 Å². The molecule has 0 spiro atoms. The van der Waals surface area contributed by atoms with Crippen molar-refractivity contribution in [3.63, 3.8) is 0 Å². The van der Waals surface area contributed by atoms with Crippen LogP contribution in [0.2, 0.25) is 0 Å². The van der Waals surface area contributed by atoms with E-state index in [-0.39, 0.29) is 5.69 Å². The molecule has 4 nitrogen and oxygen atoms in total. The van der Waals surface area contributed by atoms with Crippen molar-refractivity contribution in [2.75, 3.05) is 11.9 Å². The Hall–Kier alpha value is -2.23. The lowest BCUT2D eigenvalue weighted by molar-refractivity contribution is -0.136. The van der Waals surface area contributed by atoms with Gasteiger partial charge in [-0.25, -0.2) is 4.79 Å². The van der Waals surface area contributed by atoms with Crippen molar-refractivity contribution in [2.45, 2.75) is 25.1 Å². The molecule has 106 valence electrons. The van der Waals surface area contributed by atoms with Crippen molar-refractivity contribution in [2.24, 2.45) is 0 Å². The number of nitriles is 1. The average Bonchev–Trinajstić information content (AvgIpc) is 2.86. The summed E-state index contributed by atoms with van der Waals surface area (Å²) < 4.78 is 38.4. The number of carbonyl (C=O) groups excluding carboxylic acids is 1. The fraction of sp³-hybridized carbons (Fsp3) is 0.385. The van der Waals surface area contributed by atoms with Gasteiger partial charge in [0.1, 0.15) is 6.04 Å². The van der Waals surface area contributed by atoms with Crippen LogP contribution in [0.1, 0.15) is 18.4 Å². The van der Waals surface area contributed by atoms with E-state index in [9.17, 15) is 18.0 Å². The van der Waals surface area contributed by atoms with Crippen molar-refractivity contribution in [1.29, 1.82) is 5.26 Å². The number of para-hydroxylation sites is 1. The summed E-state index contributed by atoms with van der Waals surface area (Å²) in [7, 11) is 0. The molecule has 2 amide bonds. The first-order chi connectivity index (χ1) is 9.43. The third-order valence-corrected chi connectivity index (χ3v) is 3.14. The van der Waals surface area contributed by atoms with Crippen LogP contribution in [-0.4, -0.2) is 23.5 Å². The van der Waals surface area contributed by atoms with Crippen LogP contribution in [0.4, 0.5) is 23.7 Å². The summed E-state index contributed by atoms with van der Waals surface area (Å²) in [5.74, 6) is 0. The van der Waals surface area contributed by atoms with E-state index in [1.54, 1.807) is 0 Å². The maximum absolute atomic E-state index is 12.8. The zero-order valence-electron chi connectivity index (χ0n) is 10.4. The summed E-state index contributed by atoms with van der Waals surface area (Å²) in [5, 5.41) is 11.1. The topological polar surface area (TPSA) is 56.1 Å². The average molecular weight is 283 g/mol. The van der Waals surface area contributed by atoms with E-state index >= 15 is 0 Å². The molecule has 1 unspecified atom stereocenters. The number of alkyl halides is 3. The third-order valence-electron chi connectivity index (χ3n) is 3.14. The number of halogens is 3. The largest absolute Gasteiger partial charge is 0.418 e. The quantitative estimate of drug-likeness (QED) is 0.860. The molecule has 7 heteroatoms. The zero-order chi connectivity index (χ0) is 14.8. The van der Waals surface area contributed by atoms with Gasteiger partial charge in [-0.2, -0.15) is 18.4 Å². The van der Waals surface area contributed by atoms with E-state index in [1.165, 1.54) is 23.1 Å². The minimum atomic E-state index is -4.54. The molecule has 0 saturated carbocycles. The van der Waals surface area contributed by atoms with Crippen molar-refractivity contribution in [3.8, 4) is 6.07 Å². The second-order valence-electron chi connectivity index (χ2n) is 4.45. The number of carbonyl (C=O) groups is 1. The predicted octanol–water partition coefficient (Wildman–Crippen LogP) is 3.23. The molecule has 1 heterocycles. The van der Waals surface area contributed by atoms with Crippen LogP contribution < -0.4 is 5.32 Å². The van der Waals surface area contributed by atoms with E-state index in [2.05, 4.69) is 5.32 Å². The molecular weight excluding hydrogens is 271 g/mol. The number of hydrogen-bond acceptors (Lipinski definition) is 2. The number of anilines is 1. The van der Waals surface area contributed by atoms with Gasteiger partial charge < -0.3 is 10.2 Å². The van der Waals surface area contributed by atoms with E-state index in [0.717, 1.165) is 6.07 Å². The predicted molar refractivity (Wildman–Crippen MR) is 65.8 cm³/mol. The number of nitrogens with zero attached hydrogens (tertiary/aromatic N) is 2. The Labute approximate surface area is 113 Å². The standard InChI is InChI=1S/C13H12F3N3O/c14-13(15,16)10-5-1-2-6-11(10)18-12(20)19-7-3-4-9(19)8-17/h1-2,5-6,9H,3-4,7H2,(H,18,20). The van der Waals surface area contributed by atoms with Crippen LogP contribution in [0.3, 0.4) is 0 Å². The van der Waals surface area contributed by atoms with Crippen LogP contribution in [-0.2, 0) is 6.18 Å². The lowest BCUT2D eigenvalue weighted by Crippen LogP contribution is -2.38. The molecule has 2 rings (SSSR count). The van der Waals surface area contributed by atoms with Gasteiger partial charge in [-0.05, 0) is 25.0 Å². The molecule has 1 aromatic carbocycles. The number of rotatable bonds is 1. The van der Waals surface area contributed by atoms with E-state index in [4.69, 9.17) is 5.26 Å². The number of benzene rings is 1. The van der Waals surface area contributed by atoms with Crippen molar-refractivity contribution >= 4 is 11.7 Å². The van der Waals surface area contributed by atoms with Gasteiger partial charge in [0.15, 0.2) is 0 Å². The van der Waals surface area contributed by atoms with Crippen LogP contribution in [0.5, 0.6) is 0 Å². The van der Waals surface area contributed by atoms with Gasteiger partial charge in [0.25, 0.3) is 0 Å². The first-order valence-electron chi connectivity index (χ1n) is 6.07. The molecule has 1 aliphatic rings. The van der Waals surface area contributed by atoms with Crippen LogP contribution in [0, 0.1) is 11.3 Å². The van der Waals surface area contributed by atoms with Crippen molar-refractivity contribution < 1.29 is 18.0 Å². The molecule has 1 N–H and O–H groups in total. The Morgan fingerprint density at radius 2 is 2.10 bits per heavy atom. The second kappa shape index (κ2) is 5.41. The highest BCUT2D eigenvalue weighted by molar-refractivity contribution is 5.90. The molecule has 1 aromatic rings. The number of hydrogen-bond donors (Lipinski definition) is 1. The minimum absolute atomic E-state index is 0.298. The first kappa shape index (κ1) is 14.2. The normalized spacial score (nSPS) is 18.7. The van der Waals surface area contributed by atoms with Gasteiger partial charge in [0, 0.05) is 6.54 Å². The molecule has 0 bridgehead atoms. The smallest absolute Gasteiger partial charge is 0.308 e. The summed E-state index contributed by atoms with van der Waals surface area (Å²) in [6, 6.07) is 5.48. The van der Waals surface area contributed by atoms with Gasteiger partial charge in [0.05, 0.1) is 17.3 Å². The summed E-state index contributed by atoms with van der Waals surface area (Å²) in [6.45, 7) is 0.373. The third kappa shape index (κ3) is 2.85. The number of likely N-dealkylation sites (tertiary alicyclic amines) is 1. The fourth-order valence-corrected chi connectivity index (χ4v) is 2.17. The molecule has 20 heavy (non-hydrogen) atoms. The maximum atomic E-state index is 12.8. The zero-order valence-corrected chi connectivity index (χ0v) is 10.4. The maximum Gasteiger partial charge on any atom is 0.418 e. The highest BCUT2D eigenvalue weighted by atomic mass is 19.4. The van der Waals surface area contributed by atoms with Crippen molar-refractivity contribution in [1.82, 2.24) is 4.90 Å². The second-order valence-corrected chi connectivity index (χ2v) is 4.45. The Bertz CT molecular complexity index is 551. The summed E-state index contributed by atoms with van der Waals surface area (Å²) in [5.41, 5.74) is -1.20. The molecule has 1 atom stereocenters. The van der Waals surface area contributed by atoms with Gasteiger partial charge in [-0.1, -0.05) is 12.1 Å². The number of amides is 2. The Morgan fingerprint density at radius 1 is 1.40 bits per heavy atom. The van der Waals surface area contributed by atoms with Crippen LogP contribution >= 0.6 is 0 Å². The molecule has 1 fully saturated rings. The molecular formula is C13H12F3N3O. The fourth-order valence-electron chi connectivity index (χ4n) is 2.17. The molecule has 1 aliphatic heterocycles. The molecule has 0 radical (unpaired) electrons. The van der Waals surface area contributed by atoms with E-state index in [1.807, 2.05) is 6.07 Å². The summed E-state index contributed by atoms with van der Waals surface area (Å²) in [4.78, 5) is 13.2. The Balaban J connectivity index is 2.19. The lowest BCUT2D eigenvalue weighted by atomic mass is 10.1. The van der Waals surface area contributed by atoms with Gasteiger partial charge in [-0.15, -0.1) is 0 Å². The highest BCUT2D eigenvalue weighted by Gasteiger charge is 2.35. The molecule has 1 saturated heterocycles. The molecule has 0 aromatic heterocycles. The monoisotopic (exact) mass is 283 g/mol. The van der Waals surface area contributed by atoms with Gasteiger partial charge in [-0.3, -0.25) is 0 Å². The minimum Gasteiger partial charge on any atom is -0.308 e. The first-order valence-corrected chi connectivity index (χ1v) is 6.07. The van der Waals surface area contributed by atoms with Crippen LogP contribution in [0.25, 0.3) is 0 Å². The Morgan fingerprint density at radius 3 is 2.75 bits per heavy atom. The van der Waals surface area contributed by atoms with Gasteiger partial charge in [0.2, 0.25) is 0 Å². The summed E-state index contributed by atoms with van der Waals surface area (Å²) in [6.07, 6.45) is -3.32. The van der Waals surface area contributed by atoms with E-state index in [0.29, 0.717) is 19.4 Å². The SMILES string of the molecule is N#CC1CCCN1C(=O)Nc1ccccc1C(F)(F)F. The lowest BCUT2D eigenvalue weighted by Gasteiger charge is -2.21. The number of nitrogens with one attached hydrogen (secondary N) is 1. The number of urea groups is 1. The van der Waals surface area contributed by atoms with Gasteiger partial charge >= 0.3 is 12.2 Å². The summed E-state index contributed by atoms with van der Waals surface area (Å²) >= 11 is 0. The Kier molecular flexibility index (Phi) is 3.84. The molecule has 0 aliphatic carbocycles. The van der Waals surface area contributed by atoms with E-state index < -0.39 is 23.8 Å². The highest BCUT2D eigenvalue weighted by Crippen LogP contribution is 2.34. The van der Waals surface area contributed by atoms with Crippen LogP contribution in [0.15, 0.2) is 24.3 Å².